The van der Waals surface area contributed by atoms with Crippen molar-refractivity contribution in [2.75, 3.05) is 17.2 Å². The number of amides is 2. The highest BCUT2D eigenvalue weighted by Gasteiger charge is 2.46. The molecule has 5 atom stereocenters. The monoisotopic (exact) mass is 702 g/mol. The first-order chi connectivity index (χ1) is 25.0. The molecule has 1 saturated heterocycles. The Labute approximate surface area is 304 Å². The number of aryl methyl sites for hydroxylation is 3. The molecule has 5 unspecified atom stereocenters. The second-order valence-electron chi connectivity index (χ2n) is 14.8. The number of nitriles is 1. The van der Waals surface area contributed by atoms with Gasteiger partial charge in [-0.1, -0.05) is 42.4 Å². The number of hydrogen-bond donors (Lipinski definition) is 5. The summed E-state index contributed by atoms with van der Waals surface area (Å²) in [7, 11) is 0. The Hall–Kier alpha value is -5.02. The Bertz CT molecular complexity index is 2010. The number of aromatic nitrogens is 1. The van der Waals surface area contributed by atoms with Crippen LogP contribution in [0.1, 0.15) is 103 Å². The number of benzene rings is 3. The Morgan fingerprint density at radius 3 is 2.42 bits per heavy atom. The molecule has 0 spiro atoms. The fourth-order valence-corrected chi connectivity index (χ4v) is 7.90. The highest BCUT2D eigenvalue weighted by molar-refractivity contribution is 6.00. The van der Waals surface area contributed by atoms with Crippen molar-refractivity contribution in [2.45, 2.75) is 96.2 Å². The van der Waals surface area contributed by atoms with Crippen molar-refractivity contribution in [1.29, 1.82) is 5.26 Å². The van der Waals surface area contributed by atoms with Crippen LogP contribution >= 0.6 is 0 Å². The molecule has 1 aromatic heterocycles. The summed E-state index contributed by atoms with van der Waals surface area (Å²) >= 11 is 0. The number of piperidine rings is 1. The quantitative estimate of drug-likeness (QED) is 0.102. The Morgan fingerprint density at radius 2 is 1.75 bits per heavy atom. The summed E-state index contributed by atoms with van der Waals surface area (Å²) in [4.78, 5) is 25.6. The lowest BCUT2D eigenvalue weighted by atomic mass is 9.88. The van der Waals surface area contributed by atoms with Gasteiger partial charge in [0.05, 0.1) is 29.3 Å². The maximum atomic E-state index is 12.5. The van der Waals surface area contributed by atoms with Crippen LogP contribution in [0.4, 0.5) is 11.4 Å². The molecule has 3 aromatic carbocycles. The van der Waals surface area contributed by atoms with Crippen LogP contribution in [0.5, 0.6) is 0 Å². The maximum Gasteiger partial charge on any atom is 0.244 e. The van der Waals surface area contributed by atoms with E-state index in [-0.39, 0.29) is 30.2 Å². The number of nitrogens with zero attached hydrogens (tertiary/aromatic N) is 3. The molecule has 4 aromatic rings. The standard InChI is InChI=1S/C41H46N6O5/c1-23(15-18-43-30-11-12-31-33(21-30)40(51)47(39(31)50)35-13-14-36(48)45-38(35)49)19-34(44-29-9-7-28(8-10-29)41(22-42)16-17-41)32-20-27(6-5-24(32)2)37-25(3)46-52-26(37)4/h5-12,20-21,23,34-35,39-40,43-44,50-51H,13-19H2,1-4H3,(H,45,48,49). The van der Waals surface area contributed by atoms with Crippen LogP contribution in [-0.4, -0.2) is 44.7 Å². The topological polar surface area (TPSA) is 164 Å². The zero-order valence-corrected chi connectivity index (χ0v) is 30.1. The van der Waals surface area contributed by atoms with Gasteiger partial charge in [-0.2, -0.15) is 5.26 Å². The van der Waals surface area contributed by atoms with Crippen molar-refractivity contribution in [1.82, 2.24) is 15.4 Å². The third-order valence-corrected chi connectivity index (χ3v) is 11.1. The second-order valence-corrected chi connectivity index (χ2v) is 14.8. The molecule has 3 heterocycles. The van der Waals surface area contributed by atoms with Gasteiger partial charge in [0.25, 0.3) is 0 Å². The number of rotatable bonds is 12. The van der Waals surface area contributed by atoms with Gasteiger partial charge in [-0.3, -0.25) is 14.9 Å². The number of hydrogen-bond acceptors (Lipinski definition) is 10. The number of aliphatic hydroxyl groups is 2. The van der Waals surface area contributed by atoms with Gasteiger partial charge in [0, 0.05) is 41.0 Å². The number of nitrogens with one attached hydrogen (secondary N) is 3. The molecule has 5 N–H and O–H groups in total. The highest BCUT2D eigenvalue weighted by atomic mass is 16.5. The summed E-state index contributed by atoms with van der Waals surface area (Å²) in [6, 6.07) is 22.0. The summed E-state index contributed by atoms with van der Waals surface area (Å²) in [5.41, 5.74) is 8.96. The Morgan fingerprint density at radius 1 is 1.02 bits per heavy atom. The minimum Gasteiger partial charge on any atom is -0.385 e. The van der Waals surface area contributed by atoms with Crippen LogP contribution in [-0.2, 0) is 15.0 Å². The lowest BCUT2D eigenvalue weighted by Crippen LogP contribution is -2.52. The summed E-state index contributed by atoms with van der Waals surface area (Å²) < 4.78 is 5.50. The van der Waals surface area contributed by atoms with Gasteiger partial charge in [-0.05, 0) is 111 Å². The first-order valence-electron chi connectivity index (χ1n) is 18.1. The molecular formula is C41H46N6O5. The van der Waals surface area contributed by atoms with E-state index >= 15 is 0 Å². The van der Waals surface area contributed by atoms with E-state index in [1.54, 1.807) is 6.07 Å². The van der Waals surface area contributed by atoms with Gasteiger partial charge in [-0.25, -0.2) is 4.90 Å². The summed E-state index contributed by atoms with van der Waals surface area (Å²) in [6.45, 7) is 8.97. The Balaban J connectivity index is 1.05. The Kier molecular flexibility index (Phi) is 9.65. The molecule has 1 aliphatic carbocycles. The maximum absolute atomic E-state index is 12.5. The molecule has 0 radical (unpaired) electrons. The van der Waals surface area contributed by atoms with Crippen LogP contribution in [0, 0.1) is 38.0 Å². The minimum atomic E-state index is -1.17. The SMILES string of the molecule is Cc1ccc(-c2c(C)noc2C)cc1C(CC(C)CCNc1ccc2c(c1)C(O)N(C1CCC(=O)NC1=O)C2O)Nc1ccc(C2(C#N)CC2)cc1. The zero-order valence-electron chi connectivity index (χ0n) is 30.1. The predicted molar refractivity (Wildman–Crippen MR) is 197 cm³/mol. The number of fused-ring (bicyclic) bond motifs is 1. The van der Waals surface area contributed by atoms with Crippen LogP contribution in [0.2, 0.25) is 0 Å². The van der Waals surface area contributed by atoms with Crippen LogP contribution in [0.25, 0.3) is 11.1 Å². The van der Waals surface area contributed by atoms with Crippen molar-refractivity contribution in [3.05, 3.63) is 99.9 Å². The fourth-order valence-electron chi connectivity index (χ4n) is 7.90. The lowest BCUT2D eigenvalue weighted by molar-refractivity contribution is -0.154. The largest absolute Gasteiger partial charge is 0.385 e. The molecule has 2 amide bonds. The third kappa shape index (κ3) is 6.82. The van der Waals surface area contributed by atoms with Crippen molar-refractivity contribution in [2.24, 2.45) is 5.92 Å². The fraction of sp³-hybridized carbons (Fsp3) is 0.415. The van der Waals surface area contributed by atoms with Crippen molar-refractivity contribution in [3.63, 3.8) is 0 Å². The van der Waals surface area contributed by atoms with Crippen molar-refractivity contribution in [3.8, 4) is 17.2 Å². The van der Waals surface area contributed by atoms with Gasteiger partial charge >= 0.3 is 0 Å². The molecule has 270 valence electrons. The lowest BCUT2D eigenvalue weighted by Gasteiger charge is -2.34. The van der Waals surface area contributed by atoms with Gasteiger partial charge in [-0.15, -0.1) is 0 Å². The molecule has 11 heteroatoms. The van der Waals surface area contributed by atoms with E-state index in [1.807, 2.05) is 26.0 Å². The first-order valence-corrected chi connectivity index (χ1v) is 18.1. The average molecular weight is 703 g/mol. The van der Waals surface area contributed by atoms with E-state index in [1.165, 1.54) is 16.0 Å². The third-order valence-electron chi connectivity index (χ3n) is 11.1. The molecule has 2 aliphatic heterocycles. The summed E-state index contributed by atoms with van der Waals surface area (Å²) in [6.07, 6.45) is 1.62. The van der Waals surface area contributed by atoms with E-state index in [2.05, 4.69) is 83.5 Å². The average Bonchev–Trinajstić information content (AvgIpc) is 3.80. The van der Waals surface area contributed by atoms with E-state index < -0.39 is 24.4 Å². The van der Waals surface area contributed by atoms with E-state index in [0.717, 1.165) is 65.2 Å². The zero-order chi connectivity index (χ0) is 36.7. The van der Waals surface area contributed by atoms with Gasteiger partial charge in [0.15, 0.2) is 0 Å². The van der Waals surface area contributed by atoms with E-state index in [4.69, 9.17) is 4.52 Å². The number of anilines is 2. The second kappa shape index (κ2) is 14.2. The molecule has 1 saturated carbocycles. The molecular weight excluding hydrogens is 656 g/mol. The molecule has 0 bridgehead atoms. The van der Waals surface area contributed by atoms with Gasteiger partial charge < -0.3 is 25.4 Å². The first kappa shape index (κ1) is 35.4. The van der Waals surface area contributed by atoms with Gasteiger partial charge in [0.1, 0.15) is 18.2 Å². The molecule has 3 aliphatic rings. The number of carbonyl (C=O) groups excluding carboxylic acids is 2. The van der Waals surface area contributed by atoms with E-state index in [0.29, 0.717) is 23.6 Å². The molecule has 52 heavy (non-hydrogen) atoms. The van der Waals surface area contributed by atoms with Crippen LogP contribution in [0.15, 0.2) is 65.2 Å². The molecule has 2 fully saturated rings. The molecule has 7 rings (SSSR count). The summed E-state index contributed by atoms with van der Waals surface area (Å²) in [5.74, 6) is 0.248. The van der Waals surface area contributed by atoms with Crippen LogP contribution in [0.3, 0.4) is 0 Å². The van der Waals surface area contributed by atoms with Crippen molar-refractivity contribution < 1.29 is 24.3 Å². The smallest absolute Gasteiger partial charge is 0.244 e. The van der Waals surface area contributed by atoms with E-state index in [9.17, 15) is 25.1 Å². The number of carbonyl (C=O) groups is 2. The normalized spacial score (nSPS) is 21.9. The predicted octanol–water partition coefficient (Wildman–Crippen LogP) is 6.61. The number of imide groups is 1. The highest BCUT2D eigenvalue weighted by Crippen LogP contribution is 2.48. The van der Waals surface area contributed by atoms with Crippen molar-refractivity contribution >= 4 is 23.2 Å². The van der Waals surface area contributed by atoms with Crippen LogP contribution < -0.4 is 16.0 Å². The number of aliphatic hydroxyl groups excluding tert-OH is 2. The van der Waals surface area contributed by atoms with Gasteiger partial charge in [0.2, 0.25) is 11.8 Å². The summed E-state index contributed by atoms with van der Waals surface area (Å²) in [5, 5.41) is 45.7. The molecule has 11 nitrogen and oxygen atoms in total. The minimum absolute atomic E-state index is 0.00187.